The normalized spacial score (nSPS) is 10.2. The van der Waals surface area contributed by atoms with Crippen molar-refractivity contribution >= 4 is 5.69 Å². The number of nitrogens with one attached hydrogen (secondary N) is 1. The smallest absolute Gasteiger partial charge is 0.142 e. The summed E-state index contributed by atoms with van der Waals surface area (Å²) in [4.78, 5) is 0. The first kappa shape index (κ1) is 15.0. The first-order valence-electron chi connectivity index (χ1n) is 7.06. The number of anilines is 1. The second-order valence-corrected chi connectivity index (χ2v) is 4.69. The van der Waals surface area contributed by atoms with Crippen molar-refractivity contribution in [2.75, 3.05) is 19.0 Å². The van der Waals surface area contributed by atoms with E-state index >= 15 is 0 Å². The van der Waals surface area contributed by atoms with E-state index in [1.807, 2.05) is 30.3 Å². The topological polar surface area (TPSA) is 50.7 Å². The second kappa shape index (κ2) is 7.43. The molecule has 2 aromatic carbocycles. The number of para-hydroxylation sites is 2. The maximum absolute atomic E-state index is 9.89. The van der Waals surface area contributed by atoms with Gasteiger partial charge in [-0.15, -0.1) is 0 Å². The molecule has 0 aromatic heterocycles. The van der Waals surface area contributed by atoms with Crippen molar-refractivity contribution in [2.24, 2.45) is 0 Å². The average Bonchev–Trinajstić information content (AvgIpc) is 2.53. The van der Waals surface area contributed by atoms with Crippen molar-refractivity contribution in [1.29, 1.82) is 0 Å². The van der Waals surface area contributed by atoms with E-state index in [9.17, 15) is 5.11 Å². The molecule has 21 heavy (non-hydrogen) atoms. The standard InChI is InChI=1S/C17H21NO3/c1-3-10-21-17-7-5-4-6-15(17)18-12-13-11-14(20-2)8-9-16(13)19/h4-9,11,18-19H,3,10,12H2,1-2H3. The van der Waals surface area contributed by atoms with Gasteiger partial charge in [-0.1, -0.05) is 19.1 Å². The molecule has 4 nitrogen and oxygen atoms in total. The second-order valence-electron chi connectivity index (χ2n) is 4.69. The van der Waals surface area contributed by atoms with Crippen LogP contribution in [0.15, 0.2) is 42.5 Å². The summed E-state index contributed by atoms with van der Waals surface area (Å²) in [6.45, 7) is 3.25. The van der Waals surface area contributed by atoms with Crippen LogP contribution < -0.4 is 14.8 Å². The summed E-state index contributed by atoms with van der Waals surface area (Å²) in [5, 5.41) is 13.2. The van der Waals surface area contributed by atoms with Crippen LogP contribution >= 0.6 is 0 Å². The molecule has 0 radical (unpaired) electrons. The van der Waals surface area contributed by atoms with Gasteiger partial charge in [0.15, 0.2) is 0 Å². The number of hydrogen-bond acceptors (Lipinski definition) is 4. The summed E-state index contributed by atoms with van der Waals surface area (Å²) in [7, 11) is 1.61. The Balaban J connectivity index is 2.09. The van der Waals surface area contributed by atoms with Crippen molar-refractivity contribution in [3.63, 3.8) is 0 Å². The van der Waals surface area contributed by atoms with Gasteiger partial charge < -0.3 is 19.9 Å². The molecule has 0 aliphatic heterocycles. The molecule has 2 N–H and O–H groups in total. The first-order valence-corrected chi connectivity index (χ1v) is 7.06. The molecule has 0 unspecified atom stereocenters. The molecule has 0 saturated carbocycles. The Hall–Kier alpha value is -2.36. The summed E-state index contributed by atoms with van der Waals surface area (Å²) < 4.78 is 10.9. The van der Waals surface area contributed by atoms with Crippen LogP contribution in [0.2, 0.25) is 0 Å². The SMILES string of the molecule is CCCOc1ccccc1NCc1cc(OC)ccc1O. The third-order valence-electron chi connectivity index (χ3n) is 3.10. The largest absolute Gasteiger partial charge is 0.508 e. The summed E-state index contributed by atoms with van der Waals surface area (Å²) in [5.41, 5.74) is 1.69. The zero-order valence-electron chi connectivity index (χ0n) is 12.4. The molecule has 0 amide bonds. The van der Waals surface area contributed by atoms with E-state index in [2.05, 4.69) is 12.2 Å². The molecule has 0 heterocycles. The highest BCUT2D eigenvalue weighted by Crippen LogP contribution is 2.27. The van der Waals surface area contributed by atoms with Crippen LogP contribution in [0.5, 0.6) is 17.2 Å². The van der Waals surface area contributed by atoms with E-state index in [0.717, 1.165) is 29.2 Å². The number of phenols is 1. The minimum atomic E-state index is 0.246. The Morgan fingerprint density at radius 2 is 1.95 bits per heavy atom. The molecule has 0 aliphatic carbocycles. The molecule has 2 rings (SSSR count). The van der Waals surface area contributed by atoms with Crippen molar-refractivity contribution < 1.29 is 14.6 Å². The van der Waals surface area contributed by atoms with Gasteiger partial charge in [-0.25, -0.2) is 0 Å². The van der Waals surface area contributed by atoms with E-state index in [1.54, 1.807) is 19.2 Å². The van der Waals surface area contributed by atoms with Crippen LogP contribution in [0.3, 0.4) is 0 Å². The van der Waals surface area contributed by atoms with Gasteiger partial charge in [-0.2, -0.15) is 0 Å². The molecule has 0 atom stereocenters. The van der Waals surface area contributed by atoms with Crippen molar-refractivity contribution in [3.8, 4) is 17.2 Å². The van der Waals surface area contributed by atoms with Gasteiger partial charge in [0.25, 0.3) is 0 Å². The molecular weight excluding hydrogens is 266 g/mol. The molecule has 2 aromatic rings. The summed E-state index contributed by atoms with van der Waals surface area (Å²) in [6, 6.07) is 13.0. The Bertz CT molecular complexity index is 584. The molecule has 0 spiro atoms. The van der Waals surface area contributed by atoms with E-state index in [4.69, 9.17) is 9.47 Å². The molecule has 112 valence electrons. The van der Waals surface area contributed by atoms with E-state index < -0.39 is 0 Å². The lowest BCUT2D eigenvalue weighted by Gasteiger charge is -2.14. The zero-order valence-corrected chi connectivity index (χ0v) is 12.4. The molecule has 0 saturated heterocycles. The van der Waals surface area contributed by atoms with E-state index in [-0.39, 0.29) is 5.75 Å². The lowest BCUT2D eigenvalue weighted by molar-refractivity contribution is 0.319. The quantitative estimate of drug-likeness (QED) is 0.813. The maximum atomic E-state index is 9.89. The number of methoxy groups -OCH3 is 1. The fraction of sp³-hybridized carbons (Fsp3) is 0.294. The lowest BCUT2D eigenvalue weighted by Crippen LogP contribution is -2.03. The number of hydrogen-bond donors (Lipinski definition) is 2. The third kappa shape index (κ3) is 4.05. The highest BCUT2D eigenvalue weighted by Gasteiger charge is 2.06. The van der Waals surface area contributed by atoms with Crippen molar-refractivity contribution in [3.05, 3.63) is 48.0 Å². The minimum Gasteiger partial charge on any atom is -0.508 e. The fourth-order valence-electron chi connectivity index (χ4n) is 1.97. The van der Waals surface area contributed by atoms with Gasteiger partial charge in [-0.05, 0) is 36.8 Å². The summed E-state index contributed by atoms with van der Waals surface area (Å²) in [5.74, 6) is 1.79. The summed E-state index contributed by atoms with van der Waals surface area (Å²) in [6.07, 6.45) is 0.963. The number of benzene rings is 2. The summed E-state index contributed by atoms with van der Waals surface area (Å²) >= 11 is 0. The molecule has 0 bridgehead atoms. The molecule has 4 heteroatoms. The van der Waals surface area contributed by atoms with Gasteiger partial charge in [-0.3, -0.25) is 0 Å². The van der Waals surface area contributed by atoms with Crippen LogP contribution in [0.25, 0.3) is 0 Å². The molecular formula is C17H21NO3. The van der Waals surface area contributed by atoms with Crippen LogP contribution in [0.1, 0.15) is 18.9 Å². The first-order chi connectivity index (χ1) is 10.2. The highest BCUT2D eigenvalue weighted by atomic mass is 16.5. The van der Waals surface area contributed by atoms with Crippen molar-refractivity contribution in [2.45, 2.75) is 19.9 Å². The Labute approximate surface area is 125 Å². The van der Waals surface area contributed by atoms with Crippen LogP contribution in [-0.4, -0.2) is 18.8 Å². The highest BCUT2D eigenvalue weighted by molar-refractivity contribution is 5.57. The van der Waals surface area contributed by atoms with E-state index in [0.29, 0.717) is 13.2 Å². The predicted octanol–water partition coefficient (Wildman–Crippen LogP) is 3.80. The van der Waals surface area contributed by atoms with Gasteiger partial charge in [0.1, 0.15) is 17.2 Å². The number of rotatable bonds is 7. The van der Waals surface area contributed by atoms with Gasteiger partial charge in [0, 0.05) is 12.1 Å². The zero-order chi connectivity index (χ0) is 15.1. The monoisotopic (exact) mass is 287 g/mol. The van der Waals surface area contributed by atoms with Crippen LogP contribution in [-0.2, 0) is 6.54 Å². The van der Waals surface area contributed by atoms with Gasteiger partial charge in [0.2, 0.25) is 0 Å². The Morgan fingerprint density at radius 1 is 1.14 bits per heavy atom. The van der Waals surface area contributed by atoms with Crippen LogP contribution in [0, 0.1) is 0 Å². The number of phenolic OH excluding ortho intramolecular Hbond substituents is 1. The van der Waals surface area contributed by atoms with Gasteiger partial charge in [0.05, 0.1) is 19.4 Å². The Morgan fingerprint density at radius 3 is 2.71 bits per heavy atom. The van der Waals surface area contributed by atoms with Crippen LogP contribution in [0.4, 0.5) is 5.69 Å². The average molecular weight is 287 g/mol. The van der Waals surface area contributed by atoms with Gasteiger partial charge >= 0.3 is 0 Å². The molecule has 0 fully saturated rings. The third-order valence-corrected chi connectivity index (χ3v) is 3.10. The van der Waals surface area contributed by atoms with Crippen molar-refractivity contribution in [1.82, 2.24) is 0 Å². The predicted molar refractivity (Wildman–Crippen MR) is 84.2 cm³/mol. The Kier molecular flexibility index (Phi) is 5.32. The number of aromatic hydroxyl groups is 1. The maximum Gasteiger partial charge on any atom is 0.142 e. The lowest BCUT2D eigenvalue weighted by atomic mass is 10.2. The molecule has 0 aliphatic rings. The van der Waals surface area contributed by atoms with E-state index in [1.165, 1.54) is 0 Å². The number of ether oxygens (including phenoxy) is 2. The fourth-order valence-corrected chi connectivity index (χ4v) is 1.97. The minimum absolute atomic E-state index is 0.246.